The summed E-state index contributed by atoms with van der Waals surface area (Å²) in [6.07, 6.45) is 0.591. The summed E-state index contributed by atoms with van der Waals surface area (Å²) in [6, 6.07) is 11.1. The van der Waals surface area contributed by atoms with Gasteiger partial charge < -0.3 is 10.1 Å². The highest BCUT2D eigenvalue weighted by Gasteiger charge is 2.14. The van der Waals surface area contributed by atoms with E-state index in [4.69, 9.17) is 4.74 Å². The lowest BCUT2D eigenvalue weighted by Gasteiger charge is -2.19. The highest BCUT2D eigenvalue weighted by Crippen LogP contribution is 2.26. The molecular weight excluding hydrogens is 333 g/mol. The summed E-state index contributed by atoms with van der Waals surface area (Å²) in [6.45, 7) is 2.01. The van der Waals surface area contributed by atoms with Crippen LogP contribution in [0, 0.1) is 12.7 Å². The van der Waals surface area contributed by atoms with E-state index < -0.39 is 0 Å². The molecule has 2 aromatic rings. The quantitative estimate of drug-likeness (QED) is 0.861. The van der Waals surface area contributed by atoms with Gasteiger partial charge in [0.15, 0.2) is 0 Å². The summed E-state index contributed by atoms with van der Waals surface area (Å²) in [7, 11) is 3.55. The summed E-state index contributed by atoms with van der Waals surface area (Å²) in [5.41, 5.74) is 2.89. The molecule has 21 heavy (non-hydrogen) atoms. The van der Waals surface area contributed by atoms with E-state index in [9.17, 15) is 4.39 Å². The molecule has 0 spiro atoms. The molecule has 0 amide bonds. The maximum atomic E-state index is 13.9. The number of nitrogens with one attached hydrogen (secondary N) is 1. The third-order valence-corrected chi connectivity index (χ3v) is 4.09. The molecule has 4 heteroatoms. The van der Waals surface area contributed by atoms with E-state index in [1.54, 1.807) is 13.2 Å². The molecule has 0 bridgehead atoms. The Kier molecular flexibility index (Phi) is 5.37. The maximum absolute atomic E-state index is 13.9. The van der Waals surface area contributed by atoms with Crippen LogP contribution in [0.5, 0.6) is 5.75 Å². The van der Waals surface area contributed by atoms with Gasteiger partial charge in [0.05, 0.1) is 7.11 Å². The summed E-state index contributed by atoms with van der Waals surface area (Å²) >= 11 is 3.39. The fourth-order valence-corrected chi connectivity index (χ4v) is 2.83. The fourth-order valence-electron chi connectivity index (χ4n) is 2.42. The van der Waals surface area contributed by atoms with Crippen LogP contribution in [0.25, 0.3) is 0 Å². The van der Waals surface area contributed by atoms with Crippen LogP contribution in [-0.4, -0.2) is 14.2 Å². The largest absolute Gasteiger partial charge is 0.496 e. The molecule has 0 heterocycles. The van der Waals surface area contributed by atoms with Crippen molar-refractivity contribution < 1.29 is 9.13 Å². The van der Waals surface area contributed by atoms with Crippen molar-refractivity contribution in [1.29, 1.82) is 0 Å². The van der Waals surface area contributed by atoms with Gasteiger partial charge in [0.2, 0.25) is 0 Å². The fraction of sp³-hybridized carbons (Fsp3) is 0.294. The van der Waals surface area contributed by atoms with Crippen molar-refractivity contribution >= 4 is 15.9 Å². The second-order valence-corrected chi connectivity index (χ2v) is 5.93. The van der Waals surface area contributed by atoms with Gasteiger partial charge in [-0.3, -0.25) is 0 Å². The number of rotatable bonds is 5. The lowest BCUT2D eigenvalue weighted by atomic mass is 9.97. The smallest absolute Gasteiger partial charge is 0.126 e. The monoisotopic (exact) mass is 351 g/mol. The summed E-state index contributed by atoms with van der Waals surface area (Å²) in [5.74, 6) is 0.686. The van der Waals surface area contributed by atoms with Gasteiger partial charge in [0.1, 0.15) is 11.6 Å². The Morgan fingerprint density at radius 1 is 1.24 bits per heavy atom. The van der Waals surface area contributed by atoms with E-state index in [2.05, 4.69) is 27.3 Å². The summed E-state index contributed by atoms with van der Waals surface area (Å²) < 4.78 is 20.1. The number of halogens is 2. The molecule has 2 nitrogen and oxygen atoms in total. The highest BCUT2D eigenvalue weighted by molar-refractivity contribution is 9.10. The molecule has 1 N–H and O–H groups in total. The van der Waals surface area contributed by atoms with Crippen LogP contribution in [0.15, 0.2) is 40.9 Å². The Morgan fingerprint density at radius 3 is 2.62 bits per heavy atom. The molecule has 1 atom stereocenters. The van der Waals surface area contributed by atoms with E-state index in [0.717, 1.165) is 21.3 Å². The number of benzene rings is 2. The van der Waals surface area contributed by atoms with Crippen molar-refractivity contribution in [3.63, 3.8) is 0 Å². The lowest BCUT2D eigenvalue weighted by Crippen LogP contribution is -2.19. The predicted molar refractivity (Wildman–Crippen MR) is 87.3 cm³/mol. The van der Waals surface area contributed by atoms with Crippen molar-refractivity contribution in [3.05, 3.63) is 63.4 Å². The molecule has 0 saturated heterocycles. The molecule has 0 aliphatic heterocycles. The Labute approximate surface area is 133 Å². The van der Waals surface area contributed by atoms with Crippen LogP contribution in [-0.2, 0) is 6.42 Å². The molecule has 0 aliphatic rings. The SMILES string of the molecule is CNC(Cc1cc(Br)ccc1F)c1ccc(OC)c(C)c1. The zero-order chi connectivity index (χ0) is 15.4. The van der Waals surface area contributed by atoms with E-state index in [1.165, 1.54) is 6.07 Å². The average Bonchev–Trinajstić information content (AvgIpc) is 2.48. The number of hydrogen-bond donors (Lipinski definition) is 1. The number of aryl methyl sites for hydroxylation is 1. The van der Waals surface area contributed by atoms with E-state index >= 15 is 0 Å². The Morgan fingerprint density at radius 2 is 2.00 bits per heavy atom. The second-order valence-electron chi connectivity index (χ2n) is 5.01. The predicted octanol–water partition coefficient (Wildman–Crippen LogP) is 4.41. The van der Waals surface area contributed by atoms with Crippen molar-refractivity contribution in [3.8, 4) is 5.75 Å². The molecule has 2 rings (SSSR count). The van der Waals surface area contributed by atoms with Gasteiger partial charge in [-0.1, -0.05) is 28.1 Å². The minimum atomic E-state index is -0.177. The Hall–Kier alpha value is -1.39. The number of hydrogen-bond acceptors (Lipinski definition) is 2. The zero-order valence-corrected chi connectivity index (χ0v) is 14.0. The number of methoxy groups -OCH3 is 1. The first-order valence-electron chi connectivity index (χ1n) is 6.81. The second kappa shape index (κ2) is 7.05. The standard InChI is InChI=1S/C17H19BrFNO/c1-11-8-12(4-7-17(11)21-3)16(20-2)10-13-9-14(18)5-6-15(13)19/h4-9,16,20H,10H2,1-3H3. The van der Waals surface area contributed by atoms with Crippen molar-refractivity contribution in [2.45, 2.75) is 19.4 Å². The highest BCUT2D eigenvalue weighted by atomic mass is 79.9. The molecule has 0 saturated carbocycles. The average molecular weight is 352 g/mol. The third kappa shape index (κ3) is 3.83. The number of ether oxygens (including phenoxy) is 1. The normalized spacial score (nSPS) is 12.2. The van der Waals surface area contributed by atoms with Crippen LogP contribution in [0.1, 0.15) is 22.7 Å². The van der Waals surface area contributed by atoms with Gasteiger partial charge in [-0.2, -0.15) is 0 Å². The van der Waals surface area contributed by atoms with Crippen molar-refractivity contribution in [1.82, 2.24) is 5.32 Å². The molecule has 0 fully saturated rings. The first kappa shape index (κ1) is 16.0. The van der Waals surface area contributed by atoms with Crippen LogP contribution in [0.4, 0.5) is 4.39 Å². The van der Waals surface area contributed by atoms with Crippen LogP contribution >= 0.6 is 15.9 Å². The lowest BCUT2D eigenvalue weighted by molar-refractivity contribution is 0.411. The van der Waals surface area contributed by atoms with E-state index in [-0.39, 0.29) is 11.9 Å². The Balaban J connectivity index is 2.27. The molecule has 2 aromatic carbocycles. The van der Waals surface area contributed by atoms with Gasteiger partial charge in [0, 0.05) is 10.5 Å². The zero-order valence-electron chi connectivity index (χ0n) is 12.4. The third-order valence-electron chi connectivity index (χ3n) is 3.60. The topological polar surface area (TPSA) is 21.3 Å². The van der Waals surface area contributed by atoms with Gasteiger partial charge in [-0.15, -0.1) is 0 Å². The molecule has 0 aromatic heterocycles. The van der Waals surface area contributed by atoms with Crippen LogP contribution in [0.2, 0.25) is 0 Å². The molecule has 1 unspecified atom stereocenters. The van der Waals surface area contributed by atoms with Gasteiger partial charge in [-0.05, 0) is 61.3 Å². The van der Waals surface area contributed by atoms with Gasteiger partial charge in [0.25, 0.3) is 0 Å². The van der Waals surface area contributed by atoms with E-state index in [0.29, 0.717) is 12.0 Å². The van der Waals surface area contributed by atoms with Gasteiger partial charge in [-0.25, -0.2) is 4.39 Å². The number of likely N-dealkylation sites (N-methyl/N-ethyl adjacent to an activating group) is 1. The van der Waals surface area contributed by atoms with Crippen molar-refractivity contribution in [2.24, 2.45) is 0 Å². The Bertz CT molecular complexity index is 630. The van der Waals surface area contributed by atoms with Crippen molar-refractivity contribution in [2.75, 3.05) is 14.2 Å². The first-order chi connectivity index (χ1) is 10.0. The molecule has 112 valence electrons. The summed E-state index contributed by atoms with van der Waals surface area (Å²) in [5, 5.41) is 3.26. The minimum absolute atomic E-state index is 0.0541. The molecule has 0 radical (unpaired) electrons. The van der Waals surface area contributed by atoms with Crippen LogP contribution < -0.4 is 10.1 Å². The minimum Gasteiger partial charge on any atom is -0.496 e. The van der Waals surface area contributed by atoms with E-state index in [1.807, 2.05) is 32.2 Å². The molecule has 0 aliphatic carbocycles. The molecular formula is C17H19BrFNO. The summed E-state index contributed by atoms with van der Waals surface area (Å²) in [4.78, 5) is 0. The van der Waals surface area contributed by atoms with Crippen LogP contribution in [0.3, 0.4) is 0 Å². The van der Waals surface area contributed by atoms with Gasteiger partial charge >= 0.3 is 0 Å². The maximum Gasteiger partial charge on any atom is 0.126 e. The first-order valence-corrected chi connectivity index (χ1v) is 7.60.